The van der Waals surface area contributed by atoms with Crippen molar-refractivity contribution in [2.75, 3.05) is 13.2 Å². The molecule has 0 aromatic heterocycles. The van der Waals surface area contributed by atoms with E-state index >= 15 is 0 Å². The number of hydrogen-bond donors (Lipinski definition) is 0. The minimum absolute atomic E-state index is 0.815. The topological polar surface area (TPSA) is 27.7 Å². The second-order valence-electron chi connectivity index (χ2n) is 3.58. The third-order valence-corrected chi connectivity index (χ3v) is 9.90. The van der Waals surface area contributed by atoms with E-state index in [9.17, 15) is 0 Å². The van der Waals surface area contributed by atoms with Gasteiger partial charge < -0.3 is 0 Å². The van der Waals surface area contributed by atoms with Crippen LogP contribution in [0.15, 0.2) is 0 Å². The van der Waals surface area contributed by atoms with E-state index < -0.39 is 21.0 Å². The van der Waals surface area contributed by atoms with Crippen molar-refractivity contribution in [3.8, 4) is 0 Å². The molecule has 0 atom stereocenters. The molecule has 0 unspecified atom stereocenters. The van der Waals surface area contributed by atoms with E-state index in [1.807, 2.05) is 0 Å². The predicted octanol–water partition coefficient (Wildman–Crippen LogP) is 1.95. The maximum atomic E-state index is 5.67. The molecule has 0 aromatic rings. The summed E-state index contributed by atoms with van der Waals surface area (Å²) >= 11 is -1.60. The molecular weight excluding hydrogens is 406 g/mol. The van der Waals surface area contributed by atoms with Crippen molar-refractivity contribution >= 4 is 43.9 Å². The van der Waals surface area contributed by atoms with E-state index in [0.717, 1.165) is 49.0 Å². The third-order valence-electron chi connectivity index (χ3n) is 2.11. The summed E-state index contributed by atoms with van der Waals surface area (Å²) in [5.74, 6) is 0. The van der Waals surface area contributed by atoms with Crippen LogP contribution >= 0.6 is 0 Å². The van der Waals surface area contributed by atoms with Gasteiger partial charge in [-0.25, -0.2) is 0 Å². The van der Waals surface area contributed by atoms with Crippen LogP contribution in [0.3, 0.4) is 0 Å². The molecule has 90 valence electrons. The Bertz CT molecular complexity index is 113. The first kappa shape index (κ1) is 16.5. The molecule has 0 aliphatic heterocycles. The molecule has 0 aliphatic rings. The summed E-state index contributed by atoms with van der Waals surface area (Å²) < 4.78 is 16.7. The molecule has 0 amide bonds. The number of rotatable bonds is 11. The van der Waals surface area contributed by atoms with Crippen LogP contribution in [-0.2, 0) is 7.56 Å². The second-order valence-corrected chi connectivity index (χ2v) is 13.1. The van der Waals surface area contributed by atoms with E-state index in [1.54, 1.807) is 0 Å². The molecule has 3 nitrogen and oxygen atoms in total. The summed E-state index contributed by atoms with van der Waals surface area (Å²) in [7, 11) is 0. The molecule has 0 spiro atoms. The van der Waals surface area contributed by atoms with E-state index in [-0.39, 0.29) is 0 Å². The molecule has 5 heteroatoms. The first-order valence-electron chi connectivity index (χ1n) is 5.93. The molecule has 0 rings (SSSR count). The fourth-order valence-electron chi connectivity index (χ4n) is 1.19. The molecular formula is C10H24O3Sn2. The Morgan fingerprint density at radius 1 is 0.867 bits per heavy atom. The Kier molecular flexibility index (Phi) is 14.9. The van der Waals surface area contributed by atoms with Gasteiger partial charge in [0.05, 0.1) is 0 Å². The molecule has 0 aliphatic carbocycles. The number of hydrogen-bond acceptors (Lipinski definition) is 3. The normalized spacial score (nSPS) is 11.2. The second kappa shape index (κ2) is 13.5. The van der Waals surface area contributed by atoms with Gasteiger partial charge in [0.15, 0.2) is 0 Å². The van der Waals surface area contributed by atoms with Crippen LogP contribution in [-0.4, -0.2) is 57.2 Å². The van der Waals surface area contributed by atoms with Gasteiger partial charge in [0.1, 0.15) is 0 Å². The minimum atomic E-state index is -2.42. The fourth-order valence-corrected chi connectivity index (χ4v) is 6.97. The van der Waals surface area contributed by atoms with Gasteiger partial charge in [0.25, 0.3) is 0 Å². The van der Waals surface area contributed by atoms with E-state index in [2.05, 4.69) is 13.8 Å². The van der Waals surface area contributed by atoms with Gasteiger partial charge in [0.2, 0.25) is 0 Å². The van der Waals surface area contributed by atoms with Gasteiger partial charge in [-0.05, 0) is 0 Å². The summed E-state index contributed by atoms with van der Waals surface area (Å²) in [5.41, 5.74) is 0. The Morgan fingerprint density at radius 2 is 1.33 bits per heavy atom. The van der Waals surface area contributed by atoms with Crippen molar-refractivity contribution in [1.82, 2.24) is 0 Å². The van der Waals surface area contributed by atoms with Crippen molar-refractivity contribution in [1.29, 1.82) is 0 Å². The first-order chi connectivity index (χ1) is 7.35. The Morgan fingerprint density at radius 3 is 1.67 bits per heavy atom. The molecule has 0 bridgehead atoms. The molecule has 15 heavy (non-hydrogen) atoms. The summed E-state index contributed by atoms with van der Waals surface area (Å²) in [6.07, 6.45) is 7.26. The van der Waals surface area contributed by atoms with Crippen LogP contribution in [0.25, 0.3) is 0 Å². The summed E-state index contributed by atoms with van der Waals surface area (Å²) in [6.45, 7) is 6.07. The molecule has 2 radical (unpaired) electrons. The van der Waals surface area contributed by atoms with Crippen molar-refractivity contribution in [2.45, 2.75) is 52.4 Å². The van der Waals surface area contributed by atoms with Gasteiger partial charge >= 0.3 is 117 Å². The van der Waals surface area contributed by atoms with Gasteiger partial charge in [-0.15, -0.1) is 0 Å². The van der Waals surface area contributed by atoms with Gasteiger partial charge in [-0.1, -0.05) is 0 Å². The average Bonchev–Trinajstić information content (AvgIpc) is 2.27. The van der Waals surface area contributed by atoms with E-state index in [4.69, 9.17) is 7.56 Å². The fraction of sp³-hybridized carbons (Fsp3) is 1.00. The molecule has 0 saturated heterocycles. The van der Waals surface area contributed by atoms with Gasteiger partial charge in [0, 0.05) is 0 Å². The van der Waals surface area contributed by atoms with Crippen LogP contribution in [0.2, 0.25) is 0 Å². The van der Waals surface area contributed by atoms with Gasteiger partial charge in [-0.2, -0.15) is 0 Å². The average molecular weight is 430 g/mol. The standard InChI is InChI=1S/2C5H11O.O.2Sn.2H/c2*1-2-3-4-5-6;;;;;/h2*2-5H2,1H3;;;;;/q2*-1;;;+2;;. The van der Waals surface area contributed by atoms with Crippen LogP contribution in [0.1, 0.15) is 52.4 Å². The Labute approximate surface area is 116 Å². The first-order valence-corrected chi connectivity index (χ1v) is 11.3. The molecule has 0 N–H and O–H groups in total. The Hall–Kier alpha value is 1.48. The predicted molar refractivity (Wildman–Crippen MR) is 66.3 cm³/mol. The van der Waals surface area contributed by atoms with Gasteiger partial charge in [-0.3, -0.25) is 0 Å². The maximum absolute atomic E-state index is 5.67. The van der Waals surface area contributed by atoms with Crippen LogP contribution < -0.4 is 0 Å². The monoisotopic (exact) mass is 432 g/mol. The van der Waals surface area contributed by atoms with Crippen LogP contribution in [0.4, 0.5) is 0 Å². The van der Waals surface area contributed by atoms with E-state index in [0.29, 0.717) is 0 Å². The van der Waals surface area contributed by atoms with Crippen molar-refractivity contribution in [3.63, 3.8) is 0 Å². The van der Waals surface area contributed by atoms with Crippen molar-refractivity contribution < 1.29 is 7.56 Å². The zero-order valence-electron chi connectivity index (χ0n) is 10.0. The quantitative estimate of drug-likeness (QED) is 0.371. The molecule has 0 saturated carbocycles. The summed E-state index contributed by atoms with van der Waals surface area (Å²) in [5, 5.41) is 0. The van der Waals surface area contributed by atoms with E-state index in [1.165, 1.54) is 25.7 Å². The zero-order valence-corrected chi connectivity index (χ0v) is 16.6. The van der Waals surface area contributed by atoms with Crippen molar-refractivity contribution in [3.05, 3.63) is 0 Å². The summed E-state index contributed by atoms with van der Waals surface area (Å²) in [4.78, 5) is 0. The van der Waals surface area contributed by atoms with Crippen molar-refractivity contribution in [2.24, 2.45) is 0 Å². The number of unbranched alkanes of at least 4 members (excludes halogenated alkanes) is 4. The molecule has 0 aromatic carbocycles. The van der Waals surface area contributed by atoms with Crippen LogP contribution in [0, 0.1) is 0 Å². The SMILES string of the molecule is CCCCC[O][SnH]([O][SnH])[O]CCCCC. The Balaban J connectivity index is 3.29. The summed E-state index contributed by atoms with van der Waals surface area (Å²) in [6, 6.07) is 0. The molecule has 0 heterocycles. The van der Waals surface area contributed by atoms with Crippen LogP contribution in [0.5, 0.6) is 0 Å². The zero-order chi connectivity index (χ0) is 11.4. The molecule has 0 fully saturated rings. The third kappa shape index (κ3) is 11.7.